The van der Waals surface area contributed by atoms with Crippen molar-refractivity contribution < 1.29 is 0 Å². The van der Waals surface area contributed by atoms with E-state index in [0.717, 1.165) is 52.7 Å². The number of benzene rings is 1. The number of imidazole rings is 1. The Hall–Kier alpha value is -2.40. The summed E-state index contributed by atoms with van der Waals surface area (Å²) >= 11 is 0. The van der Waals surface area contributed by atoms with Gasteiger partial charge in [-0.05, 0) is 52.1 Å². The van der Waals surface area contributed by atoms with Gasteiger partial charge in [0.2, 0.25) is 0 Å². The summed E-state index contributed by atoms with van der Waals surface area (Å²) < 4.78 is 0. The maximum absolute atomic E-state index is 4.81. The van der Waals surface area contributed by atoms with E-state index in [0.29, 0.717) is 6.54 Å². The minimum absolute atomic E-state index is 0.650. The highest BCUT2D eigenvalue weighted by atomic mass is 15.1. The highest BCUT2D eigenvalue weighted by Crippen LogP contribution is 2.27. The molecule has 0 atom stereocenters. The monoisotopic (exact) mass is 339 g/mol. The Morgan fingerprint density at radius 1 is 1.40 bits per heavy atom. The molecule has 0 saturated heterocycles. The van der Waals surface area contributed by atoms with Crippen molar-refractivity contribution in [2.24, 2.45) is 4.99 Å². The Balaban J connectivity index is 2.20. The first-order chi connectivity index (χ1) is 11.9. The number of aromatic nitrogens is 2. The Kier molecular flexibility index (Phi) is 6.53. The van der Waals surface area contributed by atoms with Gasteiger partial charge in [-0.15, -0.1) is 0 Å². The van der Waals surface area contributed by atoms with Crippen LogP contribution in [0.5, 0.6) is 0 Å². The van der Waals surface area contributed by atoms with E-state index < -0.39 is 0 Å². The molecule has 0 fully saturated rings. The fraction of sp³-hybridized carbons (Fsp3) is 0.400. The van der Waals surface area contributed by atoms with Crippen molar-refractivity contribution in [3.8, 4) is 11.3 Å². The largest absolute Gasteiger partial charge is 0.381 e. The fourth-order valence-corrected chi connectivity index (χ4v) is 2.78. The van der Waals surface area contributed by atoms with E-state index in [1.54, 1.807) is 0 Å². The van der Waals surface area contributed by atoms with E-state index in [1.807, 2.05) is 27.2 Å². The Morgan fingerprint density at radius 3 is 2.76 bits per heavy atom. The first-order valence-electron chi connectivity index (χ1n) is 8.68. The molecule has 2 aromatic rings. The molecule has 1 heterocycles. The molecular weight excluding hydrogens is 310 g/mol. The normalized spacial score (nSPS) is 11.4. The third kappa shape index (κ3) is 5.03. The summed E-state index contributed by atoms with van der Waals surface area (Å²) in [6.07, 6.45) is 2.73. The van der Waals surface area contributed by atoms with Gasteiger partial charge in [0.05, 0.1) is 17.9 Å². The molecule has 1 aromatic heterocycles. The van der Waals surface area contributed by atoms with Crippen LogP contribution in [0.2, 0.25) is 0 Å². The smallest absolute Gasteiger partial charge is 0.126 e. The zero-order chi connectivity index (χ0) is 18.4. The van der Waals surface area contributed by atoms with Crippen LogP contribution in [0.4, 0.5) is 5.69 Å². The van der Waals surface area contributed by atoms with Gasteiger partial charge in [-0.25, -0.2) is 4.98 Å². The summed E-state index contributed by atoms with van der Waals surface area (Å²) in [5.74, 6) is 0.931. The van der Waals surface area contributed by atoms with Gasteiger partial charge in [0.15, 0.2) is 0 Å². The first kappa shape index (κ1) is 18.9. The molecule has 0 spiro atoms. The van der Waals surface area contributed by atoms with Crippen LogP contribution in [0.15, 0.2) is 35.5 Å². The van der Waals surface area contributed by atoms with Gasteiger partial charge in [-0.1, -0.05) is 19.6 Å². The van der Waals surface area contributed by atoms with Crippen LogP contribution in [0.3, 0.4) is 0 Å². The lowest BCUT2D eigenvalue weighted by atomic mass is 10.1. The lowest BCUT2D eigenvalue weighted by molar-refractivity contribution is 0.432. The second kappa shape index (κ2) is 8.62. The maximum atomic E-state index is 4.81. The second-order valence-electron chi connectivity index (χ2n) is 6.45. The van der Waals surface area contributed by atoms with E-state index in [9.17, 15) is 0 Å². The van der Waals surface area contributed by atoms with Crippen LogP contribution in [0.1, 0.15) is 30.9 Å². The number of aliphatic imine (C=N–C) groups is 1. The van der Waals surface area contributed by atoms with E-state index in [2.05, 4.69) is 58.8 Å². The number of hydrogen-bond acceptors (Lipinski definition) is 4. The molecule has 2 N–H and O–H groups in total. The number of nitrogens with one attached hydrogen (secondary N) is 2. The van der Waals surface area contributed by atoms with Gasteiger partial charge >= 0.3 is 0 Å². The topological polar surface area (TPSA) is 56.3 Å². The quantitative estimate of drug-likeness (QED) is 0.719. The highest BCUT2D eigenvalue weighted by Gasteiger charge is 2.12. The summed E-state index contributed by atoms with van der Waals surface area (Å²) in [5.41, 5.74) is 6.44. The summed E-state index contributed by atoms with van der Waals surface area (Å²) in [4.78, 5) is 14.7. The summed E-state index contributed by atoms with van der Waals surface area (Å²) in [6, 6.07) is 6.29. The van der Waals surface area contributed by atoms with Crippen LogP contribution in [-0.4, -0.2) is 41.7 Å². The van der Waals surface area contributed by atoms with Crippen molar-refractivity contribution in [1.82, 2.24) is 20.2 Å². The minimum atomic E-state index is 0.650. The molecular formula is C20H29N5. The van der Waals surface area contributed by atoms with Crippen molar-refractivity contribution in [1.29, 1.82) is 0 Å². The molecule has 134 valence electrons. The molecule has 2 rings (SSSR count). The van der Waals surface area contributed by atoms with Gasteiger partial charge in [0, 0.05) is 29.7 Å². The van der Waals surface area contributed by atoms with Crippen molar-refractivity contribution in [3.63, 3.8) is 0 Å². The molecule has 0 saturated carbocycles. The molecule has 0 aliphatic heterocycles. The molecule has 5 heteroatoms. The lowest BCUT2D eigenvalue weighted by Gasteiger charge is -2.13. The molecule has 0 aliphatic carbocycles. The van der Waals surface area contributed by atoms with Gasteiger partial charge in [-0.2, -0.15) is 0 Å². The molecule has 0 bridgehead atoms. The fourth-order valence-electron chi connectivity index (χ4n) is 2.78. The van der Waals surface area contributed by atoms with Crippen LogP contribution in [0.25, 0.3) is 11.3 Å². The number of rotatable bonds is 8. The van der Waals surface area contributed by atoms with E-state index in [-0.39, 0.29) is 0 Å². The van der Waals surface area contributed by atoms with Gasteiger partial charge in [0.25, 0.3) is 0 Å². The van der Waals surface area contributed by atoms with Crippen molar-refractivity contribution in [3.05, 3.63) is 47.6 Å². The third-order valence-electron chi connectivity index (χ3n) is 3.93. The predicted octanol–water partition coefficient (Wildman–Crippen LogP) is 3.83. The van der Waals surface area contributed by atoms with Crippen molar-refractivity contribution in [2.45, 2.75) is 33.7 Å². The summed E-state index contributed by atoms with van der Waals surface area (Å²) in [7, 11) is 4.06. The van der Waals surface area contributed by atoms with E-state index in [1.165, 1.54) is 0 Å². The molecule has 25 heavy (non-hydrogen) atoms. The van der Waals surface area contributed by atoms with Crippen LogP contribution in [0, 0.1) is 6.92 Å². The average molecular weight is 339 g/mol. The number of aryl methyl sites for hydroxylation is 2. The predicted molar refractivity (Wildman–Crippen MR) is 106 cm³/mol. The average Bonchev–Trinajstić information content (AvgIpc) is 2.98. The van der Waals surface area contributed by atoms with Crippen LogP contribution in [-0.2, 0) is 13.0 Å². The number of H-pyrrole nitrogens is 1. The number of hydrogen-bond donors (Lipinski definition) is 2. The number of aromatic amines is 1. The molecule has 5 nitrogen and oxygen atoms in total. The highest BCUT2D eigenvalue weighted by molar-refractivity contribution is 5.69. The zero-order valence-electron chi connectivity index (χ0n) is 16.0. The van der Waals surface area contributed by atoms with Gasteiger partial charge < -0.3 is 15.2 Å². The lowest BCUT2D eigenvalue weighted by Crippen LogP contribution is -2.23. The van der Waals surface area contributed by atoms with Gasteiger partial charge in [0.1, 0.15) is 5.82 Å². The van der Waals surface area contributed by atoms with Crippen molar-refractivity contribution in [2.75, 3.05) is 20.6 Å². The zero-order valence-corrected chi connectivity index (χ0v) is 16.0. The molecule has 0 radical (unpaired) electrons. The first-order valence-corrected chi connectivity index (χ1v) is 8.68. The molecule has 1 aromatic carbocycles. The summed E-state index contributed by atoms with van der Waals surface area (Å²) in [5, 5.41) is 3.33. The van der Waals surface area contributed by atoms with Crippen LogP contribution >= 0.6 is 0 Å². The Labute approximate surface area is 150 Å². The molecule has 0 unspecified atom stereocenters. The second-order valence-corrected chi connectivity index (χ2v) is 6.45. The Bertz CT molecular complexity index is 755. The minimum Gasteiger partial charge on any atom is -0.381 e. The van der Waals surface area contributed by atoms with Crippen LogP contribution < -0.4 is 5.32 Å². The van der Waals surface area contributed by atoms with Gasteiger partial charge in [-0.3, -0.25) is 4.99 Å². The molecule has 0 aliphatic rings. The number of likely N-dealkylation sites (N-methyl/N-ethyl adjacent to an activating group) is 1. The maximum Gasteiger partial charge on any atom is 0.126 e. The summed E-state index contributed by atoms with van der Waals surface area (Å²) in [6.45, 7) is 11.7. The SMILES string of the molecule is C=C(CN(C)C)NCc1nc(-c2ccc(N=CC)c(C)c2)c(CC)[nH]1. The van der Waals surface area contributed by atoms with E-state index in [4.69, 9.17) is 4.98 Å². The Morgan fingerprint density at radius 2 is 2.16 bits per heavy atom. The van der Waals surface area contributed by atoms with E-state index >= 15 is 0 Å². The van der Waals surface area contributed by atoms with Crippen molar-refractivity contribution >= 4 is 11.9 Å². The molecule has 0 amide bonds. The number of nitrogens with zero attached hydrogens (tertiary/aromatic N) is 3. The standard InChI is InChI=1S/C20H29N5/c1-7-17-20(16-9-10-18(21-8-2)14(3)11-16)24-19(23-17)12-22-15(4)13-25(5)6/h8-11,22H,4,7,12-13H2,1-3,5-6H3,(H,23,24). The third-order valence-corrected chi connectivity index (χ3v) is 3.93.